The summed E-state index contributed by atoms with van der Waals surface area (Å²) in [7, 11) is 0. The molecule has 2 aromatic heterocycles. The van der Waals surface area contributed by atoms with E-state index in [9.17, 15) is 0 Å². The third-order valence-electron chi connectivity index (χ3n) is 2.87. The summed E-state index contributed by atoms with van der Waals surface area (Å²) >= 11 is 5.11. The fraction of sp³-hybridized carbons (Fsp3) is 0.0769. The number of halogens is 1. The molecule has 0 unspecified atom stereocenters. The van der Waals surface area contributed by atoms with Crippen molar-refractivity contribution in [3.05, 3.63) is 44.6 Å². The first-order valence-electron chi connectivity index (χ1n) is 5.58. The average molecular weight is 333 g/mol. The predicted octanol–water partition coefficient (Wildman–Crippen LogP) is 3.36. The Hall–Kier alpha value is -1.84. The van der Waals surface area contributed by atoms with Crippen LogP contribution in [0.1, 0.15) is 10.4 Å². The number of nitriles is 1. The fourth-order valence-electron chi connectivity index (χ4n) is 2.01. The molecule has 19 heavy (non-hydrogen) atoms. The van der Waals surface area contributed by atoms with Crippen molar-refractivity contribution in [2.24, 2.45) is 0 Å². The molecular weight excluding hydrogens is 324 g/mol. The summed E-state index contributed by atoms with van der Waals surface area (Å²) < 4.78 is 3.01. The van der Waals surface area contributed by atoms with Gasteiger partial charge in [-0.1, -0.05) is 6.07 Å². The minimum atomic E-state index is 0.433. The van der Waals surface area contributed by atoms with Crippen LogP contribution in [0.5, 0.6) is 0 Å². The van der Waals surface area contributed by atoms with Gasteiger partial charge in [-0.05, 0) is 40.2 Å². The molecule has 3 aromatic rings. The zero-order chi connectivity index (χ0) is 13.4. The van der Waals surface area contributed by atoms with E-state index in [2.05, 4.69) is 27.0 Å². The van der Waals surface area contributed by atoms with Crippen LogP contribution in [0.25, 0.3) is 11.0 Å². The summed E-state index contributed by atoms with van der Waals surface area (Å²) in [5, 5.41) is 9.08. The van der Waals surface area contributed by atoms with Gasteiger partial charge in [-0.25, -0.2) is 4.98 Å². The lowest BCUT2D eigenvalue weighted by atomic mass is 10.2. The second kappa shape index (κ2) is 4.68. The summed E-state index contributed by atoms with van der Waals surface area (Å²) in [6, 6.07) is 11.7. The van der Waals surface area contributed by atoms with E-state index >= 15 is 0 Å². The molecule has 4 nitrogen and oxygen atoms in total. The van der Waals surface area contributed by atoms with Gasteiger partial charge in [0.25, 0.3) is 0 Å². The van der Waals surface area contributed by atoms with Crippen LogP contribution >= 0.6 is 27.3 Å². The second-order valence-electron chi connectivity index (χ2n) is 4.05. The third kappa shape index (κ3) is 2.11. The average Bonchev–Trinajstić information content (AvgIpc) is 2.94. The van der Waals surface area contributed by atoms with E-state index in [1.165, 1.54) is 4.88 Å². The van der Waals surface area contributed by atoms with Crippen LogP contribution in [0.4, 0.5) is 5.95 Å². The molecule has 0 aliphatic rings. The first-order chi connectivity index (χ1) is 9.19. The molecule has 0 aliphatic heterocycles. The summed E-state index contributed by atoms with van der Waals surface area (Å²) in [6.07, 6.45) is 0. The number of aromatic nitrogens is 2. The van der Waals surface area contributed by atoms with Crippen molar-refractivity contribution in [2.75, 3.05) is 5.73 Å². The summed E-state index contributed by atoms with van der Waals surface area (Å²) in [4.78, 5) is 5.48. The molecule has 94 valence electrons. The van der Waals surface area contributed by atoms with Crippen molar-refractivity contribution >= 4 is 44.2 Å². The quantitative estimate of drug-likeness (QED) is 0.782. The van der Waals surface area contributed by atoms with Crippen LogP contribution in [0, 0.1) is 11.3 Å². The molecule has 0 atom stereocenters. The molecule has 0 fully saturated rings. The molecule has 0 radical (unpaired) electrons. The molecule has 1 aromatic carbocycles. The smallest absolute Gasteiger partial charge is 0.201 e. The molecule has 0 aliphatic carbocycles. The maximum absolute atomic E-state index is 9.08. The number of nitrogen functional groups attached to an aromatic ring is 1. The normalized spacial score (nSPS) is 10.7. The number of rotatable bonds is 2. The highest BCUT2D eigenvalue weighted by molar-refractivity contribution is 9.11. The van der Waals surface area contributed by atoms with Crippen LogP contribution in [0.2, 0.25) is 0 Å². The largest absolute Gasteiger partial charge is 0.369 e. The zero-order valence-corrected chi connectivity index (χ0v) is 12.2. The van der Waals surface area contributed by atoms with E-state index in [0.717, 1.165) is 9.30 Å². The molecule has 6 heteroatoms. The number of para-hydroxylation sites is 1. The number of nitrogens with two attached hydrogens (primary N) is 1. The topological polar surface area (TPSA) is 67.6 Å². The summed E-state index contributed by atoms with van der Waals surface area (Å²) in [6.45, 7) is 0.660. The zero-order valence-electron chi connectivity index (χ0n) is 9.80. The highest BCUT2D eigenvalue weighted by Crippen LogP contribution is 2.26. The van der Waals surface area contributed by atoms with Crippen molar-refractivity contribution in [1.82, 2.24) is 9.55 Å². The Morgan fingerprint density at radius 2 is 2.21 bits per heavy atom. The maximum Gasteiger partial charge on any atom is 0.201 e. The van der Waals surface area contributed by atoms with Gasteiger partial charge in [-0.3, -0.25) is 0 Å². The van der Waals surface area contributed by atoms with Gasteiger partial charge >= 0.3 is 0 Å². The molecule has 0 saturated carbocycles. The number of thiophene rings is 1. The number of anilines is 1. The number of fused-ring (bicyclic) bond motifs is 1. The standard InChI is InChI=1S/C13H9BrN4S/c14-11-5-4-9(19-11)7-18-10-3-1-2-8(6-15)12(10)17-13(18)16/h1-5H,7H2,(H2,16,17). The highest BCUT2D eigenvalue weighted by atomic mass is 79.9. The molecule has 2 N–H and O–H groups in total. The van der Waals surface area contributed by atoms with E-state index < -0.39 is 0 Å². The number of nitrogens with zero attached hydrogens (tertiary/aromatic N) is 3. The first kappa shape index (κ1) is 12.2. The second-order valence-corrected chi connectivity index (χ2v) is 6.59. The highest BCUT2D eigenvalue weighted by Gasteiger charge is 2.12. The molecule has 2 heterocycles. The minimum absolute atomic E-state index is 0.433. The fourth-order valence-corrected chi connectivity index (χ4v) is 3.49. The van der Waals surface area contributed by atoms with E-state index in [4.69, 9.17) is 11.0 Å². The van der Waals surface area contributed by atoms with Gasteiger partial charge in [0.1, 0.15) is 11.6 Å². The lowest BCUT2D eigenvalue weighted by molar-refractivity contribution is 0.853. The Bertz CT molecular complexity index is 797. The van der Waals surface area contributed by atoms with Crippen LogP contribution in [0.3, 0.4) is 0 Å². The Labute approximate surface area is 122 Å². The minimum Gasteiger partial charge on any atom is -0.369 e. The SMILES string of the molecule is N#Cc1cccc2c1nc(N)n2Cc1ccc(Br)s1. The number of benzene rings is 1. The van der Waals surface area contributed by atoms with Gasteiger partial charge in [-0.15, -0.1) is 11.3 Å². The number of hydrogen-bond donors (Lipinski definition) is 1. The molecule has 0 bridgehead atoms. The number of hydrogen-bond acceptors (Lipinski definition) is 4. The molecule has 0 saturated heterocycles. The van der Waals surface area contributed by atoms with Gasteiger partial charge in [-0.2, -0.15) is 5.26 Å². The van der Waals surface area contributed by atoms with Crippen molar-refractivity contribution in [1.29, 1.82) is 5.26 Å². The third-order valence-corrected chi connectivity index (χ3v) is 4.48. The predicted molar refractivity (Wildman–Crippen MR) is 80.0 cm³/mol. The lowest BCUT2D eigenvalue weighted by Gasteiger charge is -2.04. The van der Waals surface area contributed by atoms with Gasteiger partial charge < -0.3 is 10.3 Å². The van der Waals surface area contributed by atoms with E-state index in [0.29, 0.717) is 23.6 Å². The van der Waals surface area contributed by atoms with Crippen LogP contribution < -0.4 is 5.73 Å². The lowest BCUT2D eigenvalue weighted by Crippen LogP contribution is -2.03. The van der Waals surface area contributed by atoms with Crippen LogP contribution in [-0.2, 0) is 6.54 Å². The van der Waals surface area contributed by atoms with Gasteiger partial charge in [0.05, 0.1) is 21.4 Å². The first-order valence-corrected chi connectivity index (χ1v) is 7.19. The van der Waals surface area contributed by atoms with Gasteiger partial charge in [0.15, 0.2) is 0 Å². The van der Waals surface area contributed by atoms with E-state index in [1.54, 1.807) is 17.4 Å². The summed E-state index contributed by atoms with van der Waals surface area (Å²) in [5.41, 5.74) is 8.07. The van der Waals surface area contributed by atoms with Crippen molar-refractivity contribution in [2.45, 2.75) is 6.54 Å². The Morgan fingerprint density at radius 1 is 1.37 bits per heavy atom. The summed E-state index contributed by atoms with van der Waals surface area (Å²) in [5.74, 6) is 0.433. The molecule has 3 rings (SSSR count). The Kier molecular flexibility index (Phi) is 3.01. The van der Waals surface area contributed by atoms with Gasteiger partial charge in [0.2, 0.25) is 5.95 Å². The molecular formula is C13H9BrN4S. The van der Waals surface area contributed by atoms with Crippen molar-refractivity contribution < 1.29 is 0 Å². The van der Waals surface area contributed by atoms with Crippen molar-refractivity contribution in [3.63, 3.8) is 0 Å². The molecule has 0 spiro atoms. The van der Waals surface area contributed by atoms with Gasteiger partial charge in [0, 0.05) is 4.88 Å². The van der Waals surface area contributed by atoms with Crippen LogP contribution in [-0.4, -0.2) is 9.55 Å². The Balaban J connectivity index is 2.14. The number of imidazole rings is 1. The Morgan fingerprint density at radius 3 is 2.89 bits per heavy atom. The van der Waals surface area contributed by atoms with Crippen molar-refractivity contribution in [3.8, 4) is 6.07 Å². The van der Waals surface area contributed by atoms with Crippen LogP contribution in [0.15, 0.2) is 34.1 Å². The molecule has 0 amide bonds. The monoisotopic (exact) mass is 332 g/mol. The van der Waals surface area contributed by atoms with E-state index in [-0.39, 0.29) is 0 Å². The van der Waals surface area contributed by atoms with E-state index in [1.807, 2.05) is 28.8 Å². The maximum atomic E-state index is 9.08.